The van der Waals surface area contributed by atoms with E-state index in [1.165, 1.54) is 11.1 Å². The van der Waals surface area contributed by atoms with Crippen LogP contribution in [0, 0.1) is 0 Å². The van der Waals surface area contributed by atoms with E-state index in [2.05, 4.69) is 36.4 Å². The van der Waals surface area contributed by atoms with Crippen LogP contribution in [0.15, 0.2) is 83.8 Å². The third-order valence-electron chi connectivity index (χ3n) is 3.87. The number of aliphatic hydroxyl groups is 1. The zero-order valence-electron chi connectivity index (χ0n) is 14.3. The quantitative estimate of drug-likeness (QED) is 0.523. The molecule has 26 heavy (non-hydrogen) atoms. The highest BCUT2D eigenvalue weighted by molar-refractivity contribution is 7.99. The van der Waals surface area contributed by atoms with Gasteiger partial charge < -0.3 is 9.84 Å². The van der Waals surface area contributed by atoms with E-state index in [-0.39, 0.29) is 6.61 Å². The molecule has 0 fully saturated rings. The largest absolute Gasteiger partial charge is 0.491 e. The second-order valence-electron chi connectivity index (χ2n) is 6.04. The average molecular weight is 385 g/mol. The summed E-state index contributed by atoms with van der Waals surface area (Å²) in [7, 11) is 0. The van der Waals surface area contributed by atoms with Crippen LogP contribution in [0.4, 0.5) is 0 Å². The Labute approximate surface area is 163 Å². The fourth-order valence-corrected chi connectivity index (χ4v) is 3.43. The number of hydrogen-bond acceptors (Lipinski definition) is 3. The molecule has 4 heteroatoms. The van der Waals surface area contributed by atoms with E-state index in [1.54, 1.807) is 11.8 Å². The molecule has 0 amide bonds. The highest BCUT2D eigenvalue weighted by Crippen LogP contribution is 2.21. The van der Waals surface area contributed by atoms with Crippen LogP contribution in [0.5, 0.6) is 5.75 Å². The van der Waals surface area contributed by atoms with Crippen molar-refractivity contribution in [1.29, 1.82) is 0 Å². The molecule has 0 radical (unpaired) electrons. The minimum Gasteiger partial charge on any atom is -0.491 e. The molecule has 3 aromatic rings. The Hall–Kier alpha value is -1.94. The van der Waals surface area contributed by atoms with Crippen LogP contribution < -0.4 is 4.74 Å². The molecule has 3 rings (SSSR count). The number of thioether (sulfide) groups is 1. The molecule has 0 heterocycles. The first-order valence-electron chi connectivity index (χ1n) is 8.51. The summed E-state index contributed by atoms with van der Waals surface area (Å²) in [5, 5.41) is 10.8. The van der Waals surface area contributed by atoms with Crippen molar-refractivity contribution < 1.29 is 9.84 Å². The maximum Gasteiger partial charge on any atom is 0.119 e. The van der Waals surface area contributed by atoms with Crippen molar-refractivity contribution in [2.75, 3.05) is 12.4 Å². The van der Waals surface area contributed by atoms with Crippen LogP contribution in [0.3, 0.4) is 0 Å². The predicted molar refractivity (Wildman–Crippen MR) is 109 cm³/mol. The van der Waals surface area contributed by atoms with Gasteiger partial charge in [0.15, 0.2) is 0 Å². The van der Waals surface area contributed by atoms with Gasteiger partial charge in [-0.05, 0) is 53.9 Å². The lowest BCUT2D eigenvalue weighted by Crippen LogP contribution is -2.20. The number of halogens is 1. The Morgan fingerprint density at radius 1 is 0.846 bits per heavy atom. The molecule has 0 saturated carbocycles. The minimum atomic E-state index is -0.528. The molecule has 0 aromatic heterocycles. The maximum atomic E-state index is 10.1. The molecular formula is C22H21ClO2S. The van der Waals surface area contributed by atoms with Crippen molar-refractivity contribution in [1.82, 2.24) is 0 Å². The van der Waals surface area contributed by atoms with E-state index in [4.69, 9.17) is 16.3 Å². The molecule has 1 atom stereocenters. The number of ether oxygens (including phenoxy) is 1. The Bertz CT molecular complexity index is 789. The fraction of sp³-hybridized carbons (Fsp3) is 0.182. The van der Waals surface area contributed by atoms with Gasteiger partial charge in [-0.15, -0.1) is 11.8 Å². The average Bonchev–Trinajstić information content (AvgIpc) is 2.68. The first-order valence-corrected chi connectivity index (χ1v) is 9.87. The molecule has 1 N–H and O–H groups in total. The summed E-state index contributed by atoms with van der Waals surface area (Å²) in [6.07, 6.45) is 0.376. The summed E-state index contributed by atoms with van der Waals surface area (Å²) >= 11 is 7.46. The lowest BCUT2D eigenvalue weighted by atomic mass is 10.1. The van der Waals surface area contributed by atoms with Crippen molar-refractivity contribution >= 4 is 23.4 Å². The summed E-state index contributed by atoms with van der Waals surface area (Å²) in [6, 6.07) is 26.0. The van der Waals surface area contributed by atoms with Gasteiger partial charge in [0.1, 0.15) is 12.4 Å². The van der Waals surface area contributed by atoms with Crippen LogP contribution in [-0.4, -0.2) is 23.6 Å². The number of rotatable bonds is 8. The van der Waals surface area contributed by atoms with Gasteiger partial charge in [0, 0.05) is 15.7 Å². The zero-order chi connectivity index (χ0) is 18.2. The van der Waals surface area contributed by atoms with Gasteiger partial charge in [0.05, 0.1) is 6.10 Å². The highest BCUT2D eigenvalue weighted by Gasteiger charge is 2.07. The molecule has 3 aromatic carbocycles. The summed E-state index contributed by atoms with van der Waals surface area (Å²) in [6.45, 7) is 0.276. The van der Waals surface area contributed by atoms with Gasteiger partial charge in [-0.1, -0.05) is 54.1 Å². The van der Waals surface area contributed by atoms with Crippen LogP contribution in [-0.2, 0) is 6.42 Å². The molecule has 0 saturated heterocycles. The first-order chi connectivity index (χ1) is 12.7. The molecule has 134 valence electrons. The highest BCUT2D eigenvalue weighted by atomic mass is 35.5. The maximum absolute atomic E-state index is 10.1. The number of aliphatic hydroxyl groups excluding tert-OH is 1. The Balaban J connectivity index is 1.43. The molecule has 0 aliphatic heterocycles. The van der Waals surface area contributed by atoms with Crippen molar-refractivity contribution in [3.63, 3.8) is 0 Å². The van der Waals surface area contributed by atoms with Gasteiger partial charge >= 0.3 is 0 Å². The van der Waals surface area contributed by atoms with Crippen LogP contribution in [0.2, 0.25) is 5.02 Å². The molecular weight excluding hydrogens is 364 g/mol. The second kappa shape index (κ2) is 9.67. The molecule has 0 spiro atoms. The lowest BCUT2D eigenvalue weighted by Gasteiger charge is -2.12. The smallest absolute Gasteiger partial charge is 0.119 e. The van der Waals surface area contributed by atoms with Crippen molar-refractivity contribution in [3.05, 3.63) is 95.0 Å². The van der Waals surface area contributed by atoms with Gasteiger partial charge in [-0.25, -0.2) is 0 Å². The van der Waals surface area contributed by atoms with E-state index in [0.717, 1.165) is 17.1 Å². The van der Waals surface area contributed by atoms with E-state index in [9.17, 15) is 5.11 Å². The van der Waals surface area contributed by atoms with E-state index < -0.39 is 6.10 Å². The van der Waals surface area contributed by atoms with Gasteiger partial charge in [-0.3, -0.25) is 0 Å². The van der Waals surface area contributed by atoms with E-state index in [0.29, 0.717) is 10.8 Å². The number of benzene rings is 3. The third kappa shape index (κ3) is 6.10. The minimum absolute atomic E-state index is 0.276. The van der Waals surface area contributed by atoms with Crippen LogP contribution in [0.1, 0.15) is 11.1 Å². The normalized spacial score (nSPS) is 11.9. The van der Waals surface area contributed by atoms with Crippen molar-refractivity contribution in [3.8, 4) is 5.75 Å². The molecule has 2 nitrogen and oxygen atoms in total. The lowest BCUT2D eigenvalue weighted by molar-refractivity contribution is 0.126. The Morgan fingerprint density at radius 3 is 2.19 bits per heavy atom. The standard InChI is InChI=1S/C22H21ClO2S/c23-19-8-12-22(13-9-19)26-16-20(24)15-25-21-10-6-18(7-11-21)14-17-4-2-1-3-5-17/h1-13,20,24H,14-16H2. The molecule has 0 aliphatic carbocycles. The summed E-state index contributed by atoms with van der Waals surface area (Å²) in [5.41, 5.74) is 2.53. The monoisotopic (exact) mass is 384 g/mol. The van der Waals surface area contributed by atoms with E-state index in [1.807, 2.05) is 42.5 Å². The first kappa shape index (κ1) is 18.8. The zero-order valence-corrected chi connectivity index (χ0v) is 15.9. The summed E-state index contributed by atoms with van der Waals surface area (Å²) in [4.78, 5) is 1.08. The predicted octanol–water partition coefficient (Wildman–Crippen LogP) is 5.46. The second-order valence-corrected chi connectivity index (χ2v) is 7.57. The van der Waals surface area contributed by atoms with E-state index >= 15 is 0 Å². The summed E-state index contributed by atoms with van der Waals surface area (Å²) < 4.78 is 5.70. The van der Waals surface area contributed by atoms with Gasteiger partial charge in [0.2, 0.25) is 0 Å². The number of hydrogen-bond donors (Lipinski definition) is 1. The SMILES string of the molecule is OC(COc1ccc(Cc2ccccc2)cc1)CSc1ccc(Cl)cc1. The molecule has 1 unspecified atom stereocenters. The fourth-order valence-electron chi connectivity index (χ4n) is 2.50. The Morgan fingerprint density at radius 2 is 1.50 bits per heavy atom. The Kier molecular flexibility index (Phi) is 7.01. The van der Waals surface area contributed by atoms with Crippen LogP contribution in [0.25, 0.3) is 0 Å². The summed E-state index contributed by atoms with van der Waals surface area (Å²) in [5.74, 6) is 1.35. The van der Waals surface area contributed by atoms with Crippen molar-refractivity contribution in [2.45, 2.75) is 17.4 Å². The van der Waals surface area contributed by atoms with Crippen molar-refractivity contribution in [2.24, 2.45) is 0 Å². The third-order valence-corrected chi connectivity index (χ3v) is 5.28. The van der Waals surface area contributed by atoms with Gasteiger partial charge in [0.25, 0.3) is 0 Å². The van der Waals surface area contributed by atoms with Crippen LogP contribution >= 0.6 is 23.4 Å². The topological polar surface area (TPSA) is 29.5 Å². The molecule has 0 aliphatic rings. The molecule has 0 bridgehead atoms. The van der Waals surface area contributed by atoms with Gasteiger partial charge in [-0.2, -0.15) is 0 Å².